The molecule has 0 aliphatic heterocycles. The van der Waals surface area contributed by atoms with Crippen molar-refractivity contribution in [2.75, 3.05) is 15.1 Å². The van der Waals surface area contributed by atoms with E-state index in [1.165, 1.54) is 27.8 Å². The predicted octanol–water partition coefficient (Wildman–Crippen LogP) is 14.9. The average molecular weight is 821 g/mol. The van der Waals surface area contributed by atoms with E-state index in [1.807, 2.05) is 0 Å². The number of allylic oxidation sites excluding steroid dienone is 3. The molecule has 0 spiro atoms. The minimum Gasteiger partial charge on any atom is -0.356 e. The Morgan fingerprint density at radius 2 is 0.889 bits per heavy atom. The first kappa shape index (κ1) is 40.8. The lowest BCUT2D eigenvalue weighted by atomic mass is 9.81. The number of hydrogen-bond donors (Lipinski definition) is 1. The van der Waals surface area contributed by atoms with Crippen LogP contribution in [0.25, 0.3) is 22.8 Å². The SMILES string of the molecule is Cc1cccc(Nc2ccc(-c3nc(-c4ccc(N(c5cccc(C)c5)c5cccc(C)c5)cc4)nc(C4(C)C=CC(N(c5cccc(C)c5)c5cccc(C)c5)=CC4)n3)cc2)c1. The van der Waals surface area contributed by atoms with Gasteiger partial charge in [0.25, 0.3) is 0 Å². The number of nitrogens with one attached hydrogen (secondary N) is 1. The minimum atomic E-state index is -0.499. The zero-order valence-corrected chi connectivity index (χ0v) is 36.8. The molecule has 1 atom stereocenters. The molecular weight excluding hydrogens is 769 g/mol. The zero-order valence-electron chi connectivity index (χ0n) is 36.8. The third kappa shape index (κ3) is 9.07. The minimum absolute atomic E-state index is 0.499. The van der Waals surface area contributed by atoms with Crippen LogP contribution in [-0.4, -0.2) is 15.0 Å². The van der Waals surface area contributed by atoms with Gasteiger partial charge in [0.1, 0.15) is 5.82 Å². The topological polar surface area (TPSA) is 57.2 Å². The summed E-state index contributed by atoms with van der Waals surface area (Å²) in [4.78, 5) is 20.4. The van der Waals surface area contributed by atoms with Gasteiger partial charge in [0.05, 0.1) is 0 Å². The molecule has 6 nitrogen and oxygen atoms in total. The van der Waals surface area contributed by atoms with Crippen molar-refractivity contribution in [2.45, 2.75) is 53.4 Å². The third-order valence-electron chi connectivity index (χ3n) is 11.6. The van der Waals surface area contributed by atoms with Gasteiger partial charge < -0.3 is 15.1 Å². The van der Waals surface area contributed by atoms with E-state index in [9.17, 15) is 0 Å². The number of aryl methyl sites for hydroxylation is 5. The highest BCUT2D eigenvalue weighted by atomic mass is 15.2. The first-order valence-corrected chi connectivity index (χ1v) is 21.6. The maximum Gasteiger partial charge on any atom is 0.163 e. The highest BCUT2D eigenvalue weighted by Crippen LogP contribution is 2.40. The normalized spacial score (nSPS) is 14.5. The number of benzene rings is 7. The Labute approximate surface area is 372 Å². The smallest absolute Gasteiger partial charge is 0.163 e. The van der Waals surface area contributed by atoms with Crippen LogP contribution in [-0.2, 0) is 5.41 Å². The molecule has 310 valence electrons. The van der Waals surface area contributed by atoms with E-state index < -0.39 is 5.41 Å². The van der Waals surface area contributed by atoms with Gasteiger partial charge in [0.2, 0.25) is 0 Å². The summed E-state index contributed by atoms with van der Waals surface area (Å²) in [7, 11) is 0. The summed E-state index contributed by atoms with van der Waals surface area (Å²) in [6.07, 6.45) is 7.52. The average Bonchev–Trinajstić information content (AvgIpc) is 3.28. The van der Waals surface area contributed by atoms with Crippen LogP contribution in [0, 0.1) is 34.6 Å². The first-order chi connectivity index (χ1) is 30.6. The molecule has 1 unspecified atom stereocenters. The maximum absolute atomic E-state index is 5.29. The highest BCUT2D eigenvalue weighted by molar-refractivity contribution is 5.79. The fourth-order valence-corrected chi connectivity index (χ4v) is 8.26. The number of rotatable bonds is 11. The Kier molecular flexibility index (Phi) is 11.3. The van der Waals surface area contributed by atoms with Gasteiger partial charge in [-0.25, -0.2) is 15.0 Å². The molecule has 1 N–H and O–H groups in total. The maximum atomic E-state index is 5.29. The van der Waals surface area contributed by atoms with Crippen LogP contribution < -0.4 is 15.1 Å². The molecule has 0 radical (unpaired) electrons. The summed E-state index contributed by atoms with van der Waals surface area (Å²) < 4.78 is 0. The molecule has 1 aromatic heterocycles. The van der Waals surface area contributed by atoms with E-state index in [4.69, 9.17) is 15.0 Å². The molecule has 1 aliphatic carbocycles. The van der Waals surface area contributed by atoms with E-state index in [0.29, 0.717) is 18.1 Å². The van der Waals surface area contributed by atoms with Crippen LogP contribution in [0.2, 0.25) is 0 Å². The second kappa shape index (κ2) is 17.4. The summed E-state index contributed by atoms with van der Waals surface area (Å²) in [6, 6.07) is 60.0. The van der Waals surface area contributed by atoms with Gasteiger partial charge in [-0.1, -0.05) is 72.8 Å². The van der Waals surface area contributed by atoms with Crippen molar-refractivity contribution in [1.29, 1.82) is 0 Å². The van der Waals surface area contributed by atoms with Gasteiger partial charge >= 0.3 is 0 Å². The molecule has 0 saturated heterocycles. The van der Waals surface area contributed by atoms with Crippen molar-refractivity contribution >= 4 is 39.8 Å². The molecule has 1 heterocycles. The summed E-state index contributed by atoms with van der Waals surface area (Å²) in [5.41, 5.74) is 16.0. The summed E-state index contributed by atoms with van der Waals surface area (Å²) in [5.74, 6) is 1.98. The number of hydrogen-bond acceptors (Lipinski definition) is 6. The van der Waals surface area contributed by atoms with Crippen molar-refractivity contribution in [2.24, 2.45) is 0 Å². The van der Waals surface area contributed by atoms with E-state index in [2.05, 4.69) is 245 Å². The highest BCUT2D eigenvalue weighted by Gasteiger charge is 2.31. The van der Waals surface area contributed by atoms with Gasteiger partial charge in [0, 0.05) is 62.1 Å². The summed E-state index contributed by atoms with van der Waals surface area (Å²) in [5, 5.41) is 3.54. The third-order valence-corrected chi connectivity index (χ3v) is 11.6. The van der Waals surface area contributed by atoms with Gasteiger partial charge in [-0.2, -0.15) is 0 Å². The van der Waals surface area contributed by atoms with Crippen molar-refractivity contribution in [3.63, 3.8) is 0 Å². The van der Waals surface area contributed by atoms with E-state index in [0.717, 1.165) is 62.5 Å². The molecule has 0 saturated carbocycles. The predicted molar refractivity (Wildman–Crippen MR) is 263 cm³/mol. The molecule has 9 rings (SSSR count). The molecule has 6 heteroatoms. The number of anilines is 7. The van der Waals surface area contributed by atoms with Gasteiger partial charge in [0.15, 0.2) is 11.6 Å². The molecule has 0 fully saturated rings. The Bertz CT molecular complexity index is 2890. The van der Waals surface area contributed by atoms with E-state index >= 15 is 0 Å². The van der Waals surface area contributed by atoms with Gasteiger partial charge in [-0.3, -0.25) is 0 Å². The second-order valence-corrected chi connectivity index (χ2v) is 17.0. The fraction of sp³-hybridized carbons (Fsp3) is 0.140. The first-order valence-electron chi connectivity index (χ1n) is 21.6. The summed E-state index contributed by atoms with van der Waals surface area (Å²) >= 11 is 0. The Balaban J connectivity index is 1.10. The van der Waals surface area contributed by atoms with Crippen molar-refractivity contribution in [3.05, 3.63) is 227 Å². The fourth-order valence-electron chi connectivity index (χ4n) is 8.26. The Hall–Kier alpha value is -7.57. The van der Waals surface area contributed by atoms with Crippen LogP contribution in [0.5, 0.6) is 0 Å². The van der Waals surface area contributed by atoms with Crippen molar-refractivity contribution < 1.29 is 0 Å². The molecule has 0 amide bonds. The monoisotopic (exact) mass is 820 g/mol. The molecule has 63 heavy (non-hydrogen) atoms. The lowest BCUT2D eigenvalue weighted by Gasteiger charge is -2.32. The van der Waals surface area contributed by atoms with Gasteiger partial charge in [-0.15, -0.1) is 0 Å². The Morgan fingerprint density at radius 1 is 0.444 bits per heavy atom. The Morgan fingerprint density at radius 3 is 1.33 bits per heavy atom. The molecule has 0 bridgehead atoms. The second-order valence-electron chi connectivity index (χ2n) is 17.0. The number of aromatic nitrogens is 3. The largest absolute Gasteiger partial charge is 0.356 e. The van der Waals surface area contributed by atoms with Gasteiger partial charge in [-0.05, 0) is 191 Å². The lowest BCUT2D eigenvalue weighted by Crippen LogP contribution is -2.27. The van der Waals surface area contributed by atoms with E-state index in [1.54, 1.807) is 0 Å². The molecule has 8 aromatic rings. The molecule has 1 aliphatic rings. The van der Waals surface area contributed by atoms with Crippen LogP contribution in [0.3, 0.4) is 0 Å². The van der Waals surface area contributed by atoms with Crippen LogP contribution in [0.15, 0.2) is 194 Å². The standard InChI is InChI=1S/C57H52N6/c1-39-12-7-17-47(34-39)58-46-26-22-44(23-27-46)54-59-55(45-24-28-48(29-25-45)62(50-18-8-13-40(2)35-50)51-19-9-14-41(3)36-51)61-56(60-54)57(6)32-30-49(31-33-57)63(52-20-10-15-42(4)37-52)53-21-11-16-43(5)38-53/h7-32,34-38,58H,33H2,1-6H3. The van der Waals surface area contributed by atoms with Crippen LogP contribution >= 0.6 is 0 Å². The van der Waals surface area contributed by atoms with Crippen LogP contribution in [0.4, 0.5) is 39.8 Å². The summed E-state index contributed by atoms with van der Waals surface area (Å²) in [6.45, 7) is 12.9. The zero-order chi connectivity index (χ0) is 43.5. The molecule has 7 aromatic carbocycles. The lowest BCUT2D eigenvalue weighted by molar-refractivity contribution is 0.551. The van der Waals surface area contributed by atoms with Crippen LogP contribution in [0.1, 0.15) is 47.0 Å². The van der Waals surface area contributed by atoms with E-state index in [-0.39, 0.29) is 0 Å². The van der Waals surface area contributed by atoms with Crippen molar-refractivity contribution in [3.8, 4) is 22.8 Å². The van der Waals surface area contributed by atoms with Crippen molar-refractivity contribution in [1.82, 2.24) is 15.0 Å². The number of nitrogens with zero attached hydrogens (tertiary/aromatic N) is 5. The quantitative estimate of drug-likeness (QED) is 0.140. The molecular formula is C57H52N6.